The van der Waals surface area contributed by atoms with Crippen molar-refractivity contribution in [2.45, 2.75) is 59.0 Å². The zero-order valence-electron chi connectivity index (χ0n) is 17.6. The first-order valence-electron chi connectivity index (χ1n) is 9.42. The Morgan fingerprint density at radius 2 is 1.76 bits per heavy atom. The van der Waals surface area contributed by atoms with Gasteiger partial charge in [0.15, 0.2) is 0 Å². The topological polar surface area (TPSA) is 105 Å². The van der Waals surface area contributed by atoms with Gasteiger partial charge in [0.1, 0.15) is 11.8 Å². The van der Waals surface area contributed by atoms with E-state index in [4.69, 9.17) is 4.74 Å². The Balaban J connectivity index is 2.06. The van der Waals surface area contributed by atoms with Gasteiger partial charge < -0.3 is 15.2 Å². The van der Waals surface area contributed by atoms with Gasteiger partial charge in [-0.15, -0.1) is 0 Å². The van der Waals surface area contributed by atoms with Crippen molar-refractivity contribution in [3.63, 3.8) is 0 Å². The number of benzene rings is 1. The smallest absolute Gasteiger partial charge is 0.408 e. The summed E-state index contributed by atoms with van der Waals surface area (Å²) in [6.45, 7) is 10.9. The zero-order valence-corrected chi connectivity index (χ0v) is 17.6. The largest absolute Gasteiger partial charge is 0.465 e. The Labute approximate surface area is 170 Å². The van der Waals surface area contributed by atoms with Crippen LogP contribution in [0, 0.1) is 0 Å². The molecule has 0 aliphatic carbocycles. The van der Waals surface area contributed by atoms with Crippen molar-refractivity contribution in [1.29, 1.82) is 0 Å². The number of hydrogen-bond donors (Lipinski definition) is 2. The van der Waals surface area contributed by atoms with Gasteiger partial charge in [-0.2, -0.15) is 0 Å². The summed E-state index contributed by atoms with van der Waals surface area (Å²) in [5, 5.41) is 12.1. The van der Waals surface area contributed by atoms with Crippen LogP contribution in [0.4, 0.5) is 10.5 Å². The second kappa shape index (κ2) is 8.89. The van der Waals surface area contributed by atoms with Gasteiger partial charge in [0.2, 0.25) is 5.91 Å². The second-order valence-electron chi connectivity index (χ2n) is 8.07. The van der Waals surface area contributed by atoms with Crippen molar-refractivity contribution in [3.8, 4) is 11.8 Å². The molecule has 0 radical (unpaired) electrons. The average molecular weight is 400 g/mol. The summed E-state index contributed by atoms with van der Waals surface area (Å²) in [4.78, 5) is 33.3. The van der Waals surface area contributed by atoms with Crippen molar-refractivity contribution in [2.24, 2.45) is 0 Å². The van der Waals surface area contributed by atoms with E-state index in [2.05, 4.69) is 29.1 Å². The highest BCUT2D eigenvalue weighted by Crippen LogP contribution is 2.24. The number of carboxylic acid groups (broad SMARTS) is 1. The van der Waals surface area contributed by atoms with Gasteiger partial charge >= 0.3 is 12.1 Å². The van der Waals surface area contributed by atoms with Gasteiger partial charge in [-0.1, -0.05) is 26.0 Å². The third kappa shape index (κ3) is 5.91. The molecule has 1 heterocycles. The number of carbonyl (C=O) groups is 2. The molecule has 1 unspecified atom stereocenters. The molecule has 0 bridgehead atoms. The molecule has 0 fully saturated rings. The minimum atomic E-state index is -1.16. The highest BCUT2D eigenvalue weighted by atomic mass is 16.5. The van der Waals surface area contributed by atoms with Crippen LogP contribution in [0.15, 0.2) is 36.7 Å². The van der Waals surface area contributed by atoms with Crippen LogP contribution in [0.25, 0.3) is 0 Å². The van der Waals surface area contributed by atoms with Gasteiger partial charge in [-0.05, 0) is 51.3 Å². The standard InChI is InChI=1S/C21H28N4O4/c1-13(2)15-8-7-9-17(10-15)29-19-22-11-16(12-23-19)24-18(26)14(3)25(20(27)28)21(4,5)6/h7-14H,1-6H3,(H,24,26)(H,27,28). The van der Waals surface area contributed by atoms with Crippen LogP contribution in [0.5, 0.6) is 11.8 Å². The van der Waals surface area contributed by atoms with Crippen molar-refractivity contribution >= 4 is 17.7 Å². The summed E-state index contributed by atoms with van der Waals surface area (Å²) in [5.74, 6) is 0.533. The van der Waals surface area contributed by atoms with Gasteiger partial charge in [-0.25, -0.2) is 14.8 Å². The number of carbonyl (C=O) groups excluding carboxylic acids is 1. The molecule has 29 heavy (non-hydrogen) atoms. The molecule has 2 amide bonds. The SMILES string of the molecule is CC(C)c1cccc(Oc2ncc(NC(=O)C(C)N(C(=O)O)C(C)(C)C)cn2)c1. The van der Waals surface area contributed by atoms with Crippen molar-refractivity contribution < 1.29 is 19.4 Å². The number of nitrogens with one attached hydrogen (secondary N) is 1. The molecule has 8 nitrogen and oxygen atoms in total. The van der Waals surface area contributed by atoms with Crippen LogP contribution in [0.2, 0.25) is 0 Å². The van der Waals surface area contributed by atoms with Gasteiger partial charge in [0.25, 0.3) is 0 Å². The fourth-order valence-corrected chi connectivity index (χ4v) is 2.87. The van der Waals surface area contributed by atoms with Crippen molar-refractivity contribution in [1.82, 2.24) is 14.9 Å². The van der Waals surface area contributed by atoms with E-state index in [-0.39, 0.29) is 6.01 Å². The van der Waals surface area contributed by atoms with Gasteiger partial charge in [-0.3, -0.25) is 9.69 Å². The first-order valence-corrected chi connectivity index (χ1v) is 9.42. The molecule has 0 saturated carbocycles. The lowest BCUT2D eigenvalue weighted by Gasteiger charge is -2.37. The molecular formula is C21H28N4O4. The zero-order chi connectivity index (χ0) is 21.8. The molecule has 2 rings (SSSR count). The molecule has 0 saturated heterocycles. The number of nitrogens with zero attached hydrogens (tertiary/aromatic N) is 3. The van der Waals surface area contributed by atoms with E-state index in [0.29, 0.717) is 17.4 Å². The minimum Gasteiger partial charge on any atom is -0.465 e. The summed E-state index contributed by atoms with van der Waals surface area (Å²) in [5.41, 5.74) is 0.771. The maximum Gasteiger partial charge on any atom is 0.408 e. The van der Waals surface area contributed by atoms with Crippen LogP contribution >= 0.6 is 0 Å². The Kier molecular flexibility index (Phi) is 6.79. The van der Waals surface area contributed by atoms with E-state index in [1.54, 1.807) is 20.8 Å². The number of hydrogen-bond acceptors (Lipinski definition) is 5. The van der Waals surface area contributed by atoms with Crippen molar-refractivity contribution in [3.05, 3.63) is 42.2 Å². The molecule has 0 aliphatic heterocycles. The van der Waals surface area contributed by atoms with E-state index < -0.39 is 23.6 Å². The Morgan fingerprint density at radius 1 is 1.14 bits per heavy atom. The molecule has 156 valence electrons. The van der Waals surface area contributed by atoms with E-state index >= 15 is 0 Å². The molecular weight excluding hydrogens is 372 g/mol. The predicted molar refractivity (Wildman–Crippen MR) is 110 cm³/mol. The first-order chi connectivity index (χ1) is 13.5. The summed E-state index contributed by atoms with van der Waals surface area (Å²) >= 11 is 0. The lowest BCUT2D eigenvalue weighted by Crippen LogP contribution is -2.54. The summed E-state index contributed by atoms with van der Waals surface area (Å²) in [7, 11) is 0. The lowest BCUT2D eigenvalue weighted by atomic mass is 10.0. The third-order valence-corrected chi connectivity index (χ3v) is 4.33. The fourth-order valence-electron chi connectivity index (χ4n) is 2.87. The monoisotopic (exact) mass is 400 g/mol. The quantitative estimate of drug-likeness (QED) is 0.740. The summed E-state index contributed by atoms with van der Waals surface area (Å²) in [6.07, 6.45) is 1.67. The molecule has 1 aromatic heterocycles. The number of anilines is 1. The average Bonchev–Trinajstić information content (AvgIpc) is 2.62. The first kappa shape index (κ1) is 22.1. The number of amides is 2. The van der Waals surface area contributed by atoms with Crippen LogP contribution in [0.3, 0.4) is 0 Å². The molecule has 1 aromatic carbocycles. The maximum absolute atomic E-state index is 12.5. The molecule has 0 spiro atoms. The molecule has 1 atom stereocenters. The van der Waals surface area contributed by atoms with Crippen LogP contribution in [-0.2, 0) is 4.79 Å². The van der Waals surface area contributed by atoms with Crippen molar-refractivity contribution in [2.75, 3.05) is 5.32 Å². The van der Waals surface area contributed by atoms with E-state index in [9.17, 15) is 14.7 Å². The Bertz CT molecular complexity index is 860. The summed E-state index contributed by atoms with van der Waals surface area (Å²) < 4.78 is 5.67. The molecule has 2 N–H and O–H groups in total. The fraction of sp³-hybridized carbons (Fsp3) is 0.429. The lowest BCUT2D eigenvalue weighted by molar-refractivity contribution is -0.121. The van der Waals surface area contributed by atoms with E-state index in [1.165, 1.54) is 19.3 Å². The molecule has 0 aliphatic rings. The third-order valence-electron chi connectivity index (χ3n) is 4.33. The number of ether oxygens (including phenoxy) is 1. The number of rotatable bonds is 6. The Morgan fingerprint density at radius 3 is 2.28 bits per heavy atom. The second-order valence-corrected chi connectivity index (χ2v) is 8.07. The number of aromatic nitrogens is 2. The van der Waals surface area contributed by atoms with E-state index in [0.717, 1.165) is 10.5 Å². The van der Waals surface area contributed by atoms with Crippen LogP contribution in [-0.4, -0.2) is 43.6 Å². The van der Waals surface area contributed by atoms with Gasteiger partial charge in [0.05, 0.1) is 18.1 Å². The Hall–Kier alpha value is -3.16. The summed E-state index contributed by atoms with van der Waals surface area (Å²) in [6, 6.07) is 6.94. The highest BCUT2D eigenvalue weighted by Gasteiger charge is 2.34. The minimum absolute atomic E-state index is 0.152. The van der Waals surface area contributed by atoms with Gasteiger partial charge in [0, 0.05) is 5.54 Å². The van der Waals surface area contributed by atoms with Crippen LogP contribution < -0.4 is 10.1 Å². The normalized spacial score (nSPS) is 12.4. The predicted octanol–water partition coefficient (Wildman–Crippen LogP) is 4.50. The van der Waals surface area contributed by atoms with E-state index in [1.807, 2.05) is 24.3 Å². The van der Waals surface area contributed by atoms with Crippen LogP contribution in [0.1, 0.15) is 53.0 Å². The molecule has 2 aromatic rings. The molecule has 8 heteroatoms. The highest BCUT2D eigenvalue weighted by molar-refractivity contribution is 5.96. The maximum atomic E-state index is 12.5.